The Labute approximate surface area is 169 Å². The quantitative estimate of drug-likeness (QED) is 0.513. The second kappa shape index (κ2) is 8.07. The van der Waals surface area contributed by atoms with Crippen molar-refractivity contribution in [1.29, 1.82) is 0 Å². The molecule has 0 radical (unpaired) electrons. The van der Waals surface area contributed by atoms with Crippen molar-refractivity contribution in [2.45, 2.75) is 39.2 Å². The first-order chi connectivity index (χ1) is 14.0. The van der Waals surface area contributed by atoms with Gasteiger partial charge in [-0.2, -0.15) is 0 Å². The predicted octanol–water partition coefficient (Wildman–Crippen LogP) is 3.38. The van der Waals surface area contributed by atoms with Gasteiger partial charge in [0.25, 0.3) is 0 Å². The molecule has 0 aliphatic carbocycles. The minimum Gasteiger partial charge on any atom is -0.481 e. The summed E-state index contributed by atoms with van der Waals surface area (Å²) < 4.78 is 7.72. The molecule has 0 amide bonds. The van der Waals surface area contributed by atoms with Gasteiger partial charge in [0.15, 0.2) is 12.4 Å². The molecule has 0 saturated heterocycles. The van der Waals surface area contributed by atoms with Crippen LogP contribution < -0.4 is 15.1 Å². The maximum atomic E-state index is 12.6. The number of hydrogen-bond acceptors (Lipinski definition) is 4. The number of fused-ring (bicyclic) bond motifs is 2. The standard InChI is InChI=1S/C23H24N2O4/c1-2-24-11-7-16(8-12-24)19-14-18-13-17-5-3-9-25(10-4-6-22(26)27)20(17)15-21(18)29-23(19)28/h7-8,11-15H,2-6,9-10H2,1H3/p+1. The summed E-state index contributed by atoms with van der Waals surface area (Å²) in [4.78, 5) is 25.7. The Morgan fingerprint density at radius 2 is 2.03 bits per heavy atom. The molecular formula is C23H25N2O4+. The maximum absolute atomic E-state index is 12.6. The molecular weight excluding hydrogens is 368 g/mol. The van der Waals surface area contributed by atoms with Gasteiger partial charge in [0, 0.05) is 54.3 Å². The highest BCUT2D eigenvalue weighted by Crippen LogP contribution is 2.32. The van der Waals surface area contributed by atoms with E-state index in [4.69, 9.17) is 9.52 Å². The van der Waals surface area contributed by atoms with Gasteiger partial charge >= 0.3 is 11.6 Å². The van der Waals surface area contributed by atoms with Gasteiger partial charge in [-0.25, -0.2) is 9.36 Å². The number of aliphatic carboxylic acids is 1. The van der Waals surface area contributed by atoms with E-state index in [-0.39, 0.29) is 12.0 Å². The number of aromatic nitrogens is 1. The number of carboxylic acids is 1. The van der Waals surface area contributed by atoms with Crippen molar-refractivity contribution in [3.8, 4) is 11.1 Å². The number of rotatable bonds is 6. The van der Waals surface area contributed by atoms with E-state index in [1.165, 1.54) is 5.56 Å². The van der Waals surface area contributed by atoms with Crippen LogP contribution in [-0.2, 0) is 17.8 Å². The molecule has 1 aliphatic rings. The monoisotopic (exact) mass is 393 g/mol. The minimum atomic E-state index is -0.773. The fourth-order valence-electron chi connectivity index (χ4n) is 3.98. The zero-order valence-electron chi connectivity index (χ0n) is 16.6. The lowest BCUT2D eigenvalue weighted by Crippen LogP contribution is -2.30. The number of carboxylic acid groups (broad SMARTS) is 1. The van der Waals surface area contributed by atoms with Crippen molar-refractivity contribution < 1.29 is 18.9 Å². The second-order valence-corrected chi connectivity index (χ2v) is 7.47. The SMILES string of the molecule is CC[n+]1ccc(-c2cc3cc4c(cc3oc2=O)N(CCCC(=O)O)CCC4)cc1. The molecule has 6 heteroatoms. The highest BCUT2D eigenvalue weighted by molar-refractivity contribution is 5.86. The van der Waals surface area contributed by atoms with Crippen molar-refractivity contribution in [3.05, 3.63) is 58.7 Å². The molecule has 0 unspecified atom stereocenters. The summed E-state index contributed by atoms with van der Waals surface area (Å²) in [7, 11) is 0. The molecule has 29 heavy (non-hydrogen) atoms. The highest BCUT2D eigenvalue weighted by Gasteiger charge is 2.19. The van der Waals surface area contributed by atoms with E-state index in [0.717, 1.165) is 42.6 Å². The summed E-state index contributed by atoms with van der Waals surface area (Å²) in [5, 5.41) is 9.80. The lowest BCUT2D eigenvalue weighted by Gasteiger charge is -2.31. The average molecular weight is 393 g/mol. The molecule has 0 spiro atoms. The highest BCUT2D eigenvalue weighted by atomic mass is 16.4. The zero-order chi connectivity index (χ0) is 20.4. The van der Waals surface area contributed by atoms with E-state index < -0.39 is 5.97 Å². The van der Waals surface area contributed by atoms with Crippen molar-refractivity contribution in [2.75, 3.05) is 18.0 Å². The lowest BCUT2D eigenvalue weighted by atomic mass is 9.98. The van der Waals surface area contributed by atoms with E-state index in [1.54, 1.807) is 0 Å². The number of hydrogen-bond donors (Lipinski definition) is 1. The van der Waals surface area contributed by atoms with Gasteiger partial charge in [-0.05, 0) is 43.9 Å². The Bertz CT molecular complexity index is 1100. The fourth-order valence-corrected chi connectivity index (χ4v) is 3.98. The van der Waals surface area contributed by atoms with Crippen LogP contribution in [0, 0.1) is 0 Å². The van der Waals surface area contributed by atoms with Gasteiger partial charge in [-0.1, -0.05) is 0 Å². The van der Waals surface area contributed by atoms with E-state index in [2.05, 4.69) is 17.9 Å². The first-order valence-corrected chi connectivity index (χ1v) is 10.1. The second-order valence-electron chi connectivity index (χ2n) is 7.47. The molecule has 3 heterocycles. The zero-order valence-corrected chi connectivity index (χ0v) is 16.6. The lowest BCUT2D eigenvalue weighted by molar-refractivity contribution is -0.693. The molecule has 4 rings (SSSR count). The van der Waals surface area contributed by atoms with Crippen LogP contribution >= 0.6 is 0 Å². The van der Waals surface area contributed by atoms with Gasteiger partial charge in [-0.3, -0.25) is 4.79 Å². The number of anilines is 1. The van der Waals surface area contributed by atoms with E-state index in [9.17, 15) is 9.59 Å². The van der Waals surface area contributed by atoms with Gasteiger partial charge in [0.2, 0.25) is 0 Å². The van der Waals surface area contributed by atoms with Gasteiger partial charge in [-0.15, -0.1) is 0 Å². The number of nitrogens with zero attached hydrogens (tertiary/aromatic N) is 2. The summed E-state index contributed by atoms with van der Waals surface area (Å²) in [5.74, 6) is -0.773. The Hall–Kier alpha value is -3.15. The minimum absolute atomic E-state index is 0.160. The Morgan fingerprint density at radius 1 is 1.24 bits per heavy atom. The average Bonchev–Trinajstić information content (AvgIpc) is 2.72. The van der Waals surface area contributed by atoms with Crippen LogP contribution in [0.25, 0.3) is 22.1 Å². The third kappa shape index (κ3) is 4.01. The van der Waals surface area contributed by atoms with Crippen LogP contribution in [0.15, 0.2) is 51.9 Å². The summed E-state index contributed by atoms with van der Waals surface area (Å²) in [6, 6.07) is 9.83. The van der Waals surface area contributed by atoms with Crippen LogP contribution in [0.4, 0.5) is 5.69 Å². The Balaban J connectivity index is 1.70. The third-order valence-corrected chi connectivity index (χ3v) is 5.53. The summed E-state index contributed by atoms with van der Waals surface area (Å²) in [6.45, 7) is 4.52. The van der Waals surface area contributed by atoms with Crippen molar-refractivity contribution in [2.24, 2.45) is 0 Å². The largest absolute Gasteiger partial charge is 0.481 e. The predicted molar refractivity (Wildman–Crippen MR) is 111 cm³/mol. The molecule has 3 aromatic rings. The number of benzene rings is 1. The van der Waals surface area contributed by atoms with Gasteiger partial charge in [0.1, 0.15) is 12.1 Å². The number of aryl methyl sites for hydroxylation is 2. The van der Waals surface area contributed by atoms with Gasteiger partial charge in [0.05, 0.1) is 5.56 Å². The molecule has 6 nitrogen and oxygen atoms in total. The first-order valence-electron chi connectivity index (χ1n) is 10.1. The molecule has 1 aliphatic heterocycles. The molecule has 150 valence electrons. The number of pyridine rings is 1. The molecule has 0 atom stereocenters. The Morgan fingerprint density at radius 3 is 2.76 bits per heavy atom. The van der Waals surface area contributed by atoms with Crippen molar-refractivity contribution in [1.82, 2.24) is 0 Å². The van der Waals surface area contributed by atoms with E-state index >= 15 is 0 Å². The first kappa shape index (κ1) is 19.2. The van der Waals surface area contributed by atoms with Crippen molar-refractivity contribution >= 4 is 22.6 Å². The van der Waals surface area contributed by atoms with E-state index in [1.807, 2.05) is 41.2 Å². The maximum Gasteiger partial charge on any atom is 0.344 e. The van der Waals surface area contributed by atoms with Crippen LogP contribution in [-0.4, -0.2) is 24.2 Å². The summed E-state index contributed by atoms with van der Waals surface area (Å²) in [5.41, 5.74) is 3.90. The molecule has 0 bridgehead atoms. The topological polar surface area (TPSA) is 74.6 Å². The smallest absolute Gasteiger partial charge is 0.344 e. The summed E-state index contributed by atoms with van der Waals surface area (Å²) >= 11 is 0. The molecule has 2 aromatic heterocycles. The molecule has 0 saturated carbocycles. The normalized spacial score (nSPS) is 13.5. The van der Waals surface area contributed by atoms with Crippen LogP contribution in [0.3, 0.4) is 0 Å². The molecule has 1 aromatic carbocycles. The summed E-state index contributed by atoms with van der Waals surface area (Å²) in [6.07, 6.45) is 6.68. The van der Waals surface area contributed by atoms with Crippen LogP contribution in [0.2, 0.25) is 0 Å². The number of carbonyl (C=O) groups is 1. The Kier molecular flexibility index (Phi) is 5.34. The molecule has 1 N–H and O–H groups in total. The third-order valence-electron chi connectivity index (χ3n) is 5.53. The molecule has 0 fully saturated rings. The van der Waals surface area contributed by atoms with Crippen LogP contribution in [0.5, 0.6) is 0 Å². The fraction of sp³-hybridized carbons (Fsp3) is 0.348. The van der Waals surface area contributed by atoms with E-state index in [0.29, 0.717) is 24.1 Å². The van der Waals surface area contributed by atoms with Gasteiger partial charge < -0.3 is 14.4 Å². The van der Waals surface area contributed by atoms with Crippen LogP contribution in [0.1, 0.15) is 31.7 Å². The van der Waals surface area contributed by atoms with Crippen molar-refractivity contribution in [3.63, 3.8) is 0 Å².